The third-order valence-corrected chi connectivity index (χ3v) is 2.46. The highest BCUT2D eigenvalue weighted by Gasteiger charge is 2.22. The standard InChI is InChI=1S/C11H9ClN2O4/c1-2-18-11(15)9-4-10(14(16)17)7(5-12)3-8(9)6-13/h3-4H,2,5H2,1H3. The number of ether oxygens (including phenoxy) is 1. The number of carbonyl (C=O) groups is 1. The first-order valence-corrected chi connectivity index (χ1v) is 5.53. The number of rotatable bonds is 4. The number of alkyl halides is 1. The second-order valence-corrected chi connectivity index (χ2v) is 3.52. The first-order valence-electron chi connectivity index (χ1n) is 4.99. The summed E-state index contributed by atoms with van der Waals surface area (Å²) in [5.74, 6) is -0.882. The van der Waals surface area contributed by atoms with Crippen LogP contribution in [0, 0.1) is 21.4 Å². The average Bonchev–Trinajstić information content (AvgIpc) is 2.37. The molecule has 0 unspecified atom stereocenters. The van der Waals surface area contributed by atoms with E-state index in [2.05, 4.69) is 0 Å². The minimum absolute atomic E-state index is 0.00898. The van der Waals surface area contributed by atoms with Crippen LogP contribution in [-0.2, 0) is 10.6 Å². The van der Waals surface area contributed by atoms with Crippen LogP contribution in [0.3, 0.4) is 0 Å². The molecule has 0 atom stereocenters. The number of nitro groups is 1. The predicted molar refractivity (Wildman–Crippen MR) is 63.3 cm³/mol. The number of halogens is 1. The summed E-state index contributed by atoms with van der Waals surface area (Å²) in [6.45, 7) is 1.72. The number of nitrogens with zero attached hydrogens (tertiary/aromatic N) is 2. The minimum Gasteiger partial charge on any atom is -0.462 e. The number of nitro benzene ring substituents is 1. The topological polar surface area (TPSA) is 93.2 Å². The lowest BCUT2D eigenvalue weighted by Gasteiger charge is -2.06. The molecule has 94 valence electrons. The molecule has 0 aliphatic rings. The van der Waals surface area contributed by atoms with Gasteiger partial charge >= 0.3 is 5.97 Å². The molecule has 18 heavy (non-hydrogen) atoms. The predicted octanol–water partition coefficient (Wildman–Crippen LogP) is 2.38. The first-order chi connectivity index (χ1) is 8.54. The summed E-state index contributed by atoms with van der Waals surface area (Å²) in [6, 6.07) is 4.05. The van der Waals surface area contributed by atoms with Gasteiger partial charge in [0, 0.05) is 11.6 Å². The molecule has 0 fully saturated rings. The van der Waals surface area contributed by atoms with E-state index in [-0.39, 0.29) is 34.9 Å². The Morgan fingerprint density at radius 1 is 1.61 bits per heavy atom. The molecule has 0 saturated carbocycles. The van der Waals surface area contributed by atoms with E-state index in [0.717, 1.165) is 6.07 Å². The molecule has 0 bridgehead atoms. The third-order valence-electron chi connectivity index (χ3n) is 2.18. The van der Waals surface area contributed by atoms with Crippen molar-refractivity contribution in [3.05, 3.63) is 38.9 Å². The molecule has 0 heterocycles. The Balaban J connectivity index is 3.42. The van der Waals surface area contributed by atoms with E-state index in [0.29, 0.717) is 0 Å². The van der Waals surface area contributed by atoms with Crippen LogP contribution in [0.4, 0.5) is 5.69 Å². The van der Waals surface area contributed by atoms with E-state index < -0.39 is 10.9 Å². The van der Waals surface area contributed by atoms with Crippen molar-refractivity contribution >= 4 is 23.3 Å². The van der Waals surface area contributed by atoms with Crippen LogP contribution < -0.4 is 0 Å². The van der Waals surface area contributed by atoms with Gasteiger partial charge in [-0.25, -0.2) is 4.79 Å². The van der Waals surface area contributed by atoms with Gasteiger partial charge in [0.25, 0.3) is 5.69 Å². The second-order valence-electron chi connectivity index (χ2n) is 3.25. The quantitative estimate of drug-likeness (QED) is 0.362. The SMILES string of the molecule is CCOC(=O)c1cc([N+](=O)[O-])c(CCl)cc1C#N. The summed E-state index contributed by atoms with van der Waals surface area (Å²) in [6.07, 6.45) is 0. The number of carbonyl (C=O) groups excluding carboxylic acids is 1. The highest BCUT2D eigenvalue weighted by molar-refractivity contribution is 6.17. The van der Waals surface area contributed by atoms with Crippen molar-refractivity contribution in [1.29, 1.82) is 5.26 Å². The monoisotopic (exact) mass is 268 g/mol. The molecule has 0 aliphatic carbocycles. The summed E-state index contributed by atoms with van der Waals surface area (Å²) in [4.78, 5) is 21.7. The smallest absolute Gasteiger partial charge is 0.339 e. The number of esters is 1. The van der Waals surface area contributed by atoms with Crippen LogP contribution in [0.1, 0.15) is 28.4 Å². The van der Waals surface area contributed by atoms with Crippen LogP contribution in [-0.4, -0.2) is 17.5 Å². The van der Waals surface area contributed by atoms with E-state index in [9.17, 15) is 14.9 Å². The second kappa shape index (κ2) is 5.98. The van der Waals surface area contributed by atoms with Crippen LogP contribution >= 0.6 is 11.6 Å². The highest BCUT2D eigenvalue weighted by atomic mass is 35.5. The van der Waals surface area contributed by atoms with E-state index in [1.54, 1.807) is 13.0 Å². The first kappa shape index (κ1) is 13.9. The number of benzene rings is 1. The summed E-state index contributed by atoms with van der Waals surface area (Å²) >= 11 is 5.57. The van der Waals surface area contributed by atoms with E-state index in [1.807, 2.05) is 0 Å². The third kappa shape index (κ3) is 2.76. The van der Waals surface area contributed by atoms with Gasteiger partial charge in [-0.15, -0.1) is 11.6 Å². The molecule has 0 amide bonds. The molecular weight excluding hydrogens is 260 g/mol. The van der Waals surface area contributed by atoms with Crippen molar-refractivity contribution in [2.45, 2.75) is 12.8 Å². The molecule has 6 nitrogen and oxygen atoms in total. The maximum atomic E-state index is 11.6. The van der Waals surface area contributed by atoms with Gasteiger partial charge in [0.1, 0.15) is 6.07 Å². The van der Waals surface area contributed by atoms with Crippen molar-refractivity contribution < 1.29 is 14.5 Å². The minimum atomic E-state index is -0.765. The Morgan fingerprint density at radius 3 is 2.72 bits per heavy atom. The zero-order chi connectivity index (χ0) is 13.7. The molecule has 1 rings (SSSR count). The van der Waals surface area contributed by atoms with Gasteiger partial charge in [-0.1, -0.05) is 0 Å². The molecule has 0 radical (unpaired) electrons. The highest BCUT2D eigenvalue weighted by Crippen LogP contribution is 2.25. The van der Waals surface area contributed by atoms with E-state index in [4.69, 9.17) is 21.6 Å². The van der Waals surface area contributed by atoms with Crippen molar-refractivity contribution in [3.63, 3.8) is 0 Å². The van der Waals surface area contributed by atoms with Gasteiger partial charge in [0.05, 0.1) is 28.5 Å². The number of nitriles is 1. The van der Waals surface area contributed by atoms with Crippen LogP contribution in [0.25, 0.3) is 0 Å². The normalized spacial score (nSPS) is 9.61. The average molecular weight is 269 g/mol. The van der Waals surface area contributed by atoms with Crippen molar-refractivity contribution in [2.75, 3.05) is 6.61 Å². The van der Waals surface area contributed by atoms with Crippen LogP contribution in [0.15, 0.2) is 12.1 Å². The molecule has 0 saturated heterocycles. The molecule has 0 spiro atoms. The zero-order valence-corrected chi connectivity index (χ0v) is 10.2. The summed E-state index contributed by atoms with van der Waals surface area (Å²) in [5, 5.41) is 19.7. The molecule has 1 aromatic rings. The van der Waals surface area contributed by atoms with Gasteiger partial charge in [0.15, 0.2) is 0 Å². The molecule has 0 aliphatic heterocycles. The van der Waals surface area contributed by atoms with Crippen LogP contribution in [0.2, 0.25) is 0 Å². The summed E-state index contributed by atoms with van der Waals surface area (Å²) in [7, 11) is 0. The maximum absolute atomic E-state index is 11.6. The molecule has 0 aromatic heterocycles. The van der Waals surface area contributed by atoms with Crippen LogP contribution in [0.5, 0.6) is 0 Å². The Hall–Kier alpha value is -2.13. The Bertz CT molecular complexity index is 537. The Labute approximate surface area is 108 Å². The van der Waals surface area contributed by atoms with E-state index in [1.165, 1.54) is 6.07 Å². The fraction of sp³-hybridized carbons (Fsp3) is 0.273. The van der Waals surface area contributed by atoms with Crippen molar-refractivity contribution in [1.82, 2.24) is 0 Å². The fourth-order valence-corrected chi connectivity index (χ4v) is 1.59. The van der Waals surface area contributed by atoms with Crippen molar-refractivity contribution in [3.8, 4) is 6.07 Å². The molecule has 0 N–H and O–H groups in total. The van der Waals surface area contributed by atoms with Gasteiger partial charge < -0.3 is 4.74 Å². The number of hydrogen-bond donors (Lipinski definition) is 0. The molecule has 1 aromatic carbocycles. The molecule has 7 heteroatoms. The Morgan fingerprint density at radius 2 is 2.28 bits per heavy atom. The van der Waals surface area contributed by atoms with Gasteiger partial charge in [-0.3, -0.25) is 10.1 Å². The van der Waals surface area contributed by atoms with Crippen molar-refractivity contribution in [2.24, 2.45) is 0 Å². The van der Waals surface area contributed by atoms with Gasteiger partial charge in [-0.2, -0.15) is 5.26 Å². The Kier molecular flexibility index (Phi) is 4.63. The lowest BCUT2D eigenvalue weighted by molar-refractivity contribution is -0.385. The molecular formula is C11H9ClN2O4. The summed E-state index contributed by atoms with van der Waals surface area (Å²) in [5.41, 5.74) is -0.229. The number of hydrogen-bond acceptors (Lipinski definition) is 5. The fourth-order valence-electron chi connectivity index (χ4n) is 1.38. The zero-order valence-electron chi connectivity index (χ0n) is 9.47. The lowest BCUT2D eigenvalue weighted by atomic mass is 10.0. The van der Waals surface area contributed by atoms with E-state index >= 15 is 0 Å². The largest absolute Gasteiger partial charge is 0.462 e. The van der Waals surface area contributed by atoms with Gasteiger partial charge in [-0.05, 0) is 13.0 Å². The summed E-state index contributed by atoms with van der Waals surface area (Å²) < 4.78 is 4.73. The van der Waals surface area contributed by atoms with Gasteiger partial charge in [0.2, 0.25) is 0 Å². The lowest BCUT2D eigenvalue weighted by Crippen LogP contribution is -2.09. The maximum Gasteiger partial charge on any atom is 0.339 e.